The molecule has 3 radical (unpaired) electrons. The van der Waals surface area contributed by atoms with Gasteiger partial charge in [0.2, 0.25) is 5.91 Å². The van der Waals surface area contributed by atoms with Crippen molar-refractivity contribution < 1.29 is 9.53 Å². The molecule has 1 saturated heterocycles. The van der Waals surface area contributed by atoms with Crippen LogP contribution < -0.4 is 15.1 Å². The number of rotatable bonds is 9. The lowest BCUT2D eigenvalue weighted by Crippen LogP contribution is -2.51. The highest BCUT2D eigenvalue weighted by atomic mass is 28.1. The third kappa shape index (κ3) is 4.95. The molecule has 2 aromatic rings. The van der Waals surface area contributed by atoms with Crippen LogP contribution in [0.25, 0.3) is 6.08 Å². The maximum atomic E-state index is 12.4. The number of fused-ring (bicyclic) bond motifs is 3. The Balaban J connectivity index is 1.52. The molecule has 5 nitrogen and oxygen atoms in total. The predicted molar refractivity (Wildman–Crippen MR) is 146 cm³/mol. The summed E-state index contributed by atoms with van der Waals surface area (Å²) >= 11 is 0. The van der Waals surface area contributed by atoms with E-state index in [0.29, 0.717) is 19.6 Å². The molecule has 183 valence electrons. The fraction of sp³-hybridized carbons (Fsp3) is 0.414. The summed E-state index contributed by atoms with van der Waals surface area (Å²) < 4.78 is 6.46. The van der Waals surface area contributed by atoms with Gasteiger partial charge < -0.3 is 19.9 Å². The molecule has 1 fully saturated rings. The average molecular weight is 487 g/mol. The van der Waals surface area contributed by atoms with Crippen LogP contribution >= 0.6 is 0 Å². The molecule has 1 amide bonds. The first-order chi connectivity index (χ1) is 16.8. The fourth-order valence-electron chi connectivity index (χ4n) is 5.13. The van der Waals surface area contributed by atoms with Gasteiger partial charge in [0.15, 0.2) is 5.72 Å². The van der Waals surface area contributed by atoms with Crippen LogP contribution in [0.2, 0.25) is 6.04 Å². The Labute approximate surface area is 213 Å². The third-order valence-electron chi connectivity index (χ3n) is 7.13. The molecule has 6 heteroatoms. The molecule has 1 N–H and O–H groups in total. The normalized spacial score (nSPS) is 20.4. The first-order valence-electron chi connectivity index (χ1n) is 12.4. The first kappa shape index (κ1) is 25.3. The lowest BCUT2D eigenvalue weighted by molar-refractivity contribution is -0.120. The average Bonchev–Trinajstić information content (AvgIpc) is 3.34. The fourth-order valence-corrected chi connectivity index (χ4v) is 5.31. The molecule has 2 aliphatic heterocycles. The quantitative estimate of drug-likeness (QED) is 0.322. The Morgan fingerprint density at radius 3 is 2.66 bits per heavy atom. The van der Waals surface area contributed by atoms with Crippen LogP contribution in [0.1, 0.15) is 37.0 Å². The Morgan fingerprint density at radius 2 is 1.94 bits per heavy atom. The largest absolute Gasteiger partial charge is 0.378 e. The van der Waals surface area contributed by atoms with Crippen molar-refractivity contribution in [2.24, 2.45) is 0 Å². The van der Waals surface area contributed by atoms with Crippen LogP contribution in [0.5, 0.6) is 0 Å². The van der Waals surface area contributed by atoms with E-state index in [-0.39, 0.29) is 11.3 Å². The van der Waals surface area contributed by atoms with Gasteiger partial charge in [-0.3, -0.25) is 4.79 Å². The van der Waals surface area contributed by atoms with Crippen LogP contribution in [0.3, 0.4) is 0 Å². The van der Waals surface area contributed by atoms with E-state index in [2.05, 4.69) is 106 Å². The number of nitrogens with one attached hydrogen (secondary N) is 1. The Hall–Kier alpha value is -2.83. The molecule has 4 rings (SSSR count). The van der Waals surface area contributed by atoms with Crippen molar-refractivity contribution in [1.82, 2.24) is 5.32 Å². The monoisotopic (exact) mass is 486 g/mol. The summed E-state index contributed by atoms with van der Waals surface area (Å²) in [6, 6.07) is 15.8. The van der Waals surface area contributed by atoms with Gasteiger partial charge in [-0.25, -0.2) is 0 Å². The maximum absolute atomic E-state index is 12.4. The van der Waals surface area contributed by atoms with Gasteiger partial charge in [-0.15, -0.1) is 0 Å². The number of carbonyl (C=O) groups excluding carboxylic acids is 1. The molecule has 0 bridgehead atoms. The van der Waals surface area contributed by atoms with Crippen molar-refractivity contribution in [1.29, 1.82) is 0 Å². The zero-order chi connectivity index (χ0) is 25.1. The third-order valence-corrected chi connectivity index (χ3v) is 7.49. The maximum Gasteiger partial charge on any atom is 0.224 e. The Bertz CT molecular complexity index is 1110. The molecule has 1 unspecified atom stereocenters. The number of benzene rings is 2. The molecule has 0 spiro atoms. The summed E-state index contributed by atoms with van der Waals surface area (Å²) in [6.07, 6.45) is 9.81. The molecule has 2 aliphatic rings. The minimum atomic E-state index is -0.537. The van der Waals surface area contributed by atoms with Gasteiger partial charge in [0.25, 0.3) is 0 Å². The van der Waals surface area contributed by atoms with E-state index >= 15 is 0 Å². The van der Waals surface area contributed by atoms with E-state index in [0.717, 1.165) is 30.1 Å². The van der Waals surface area contributed by atoms with E-state index < -0.39 is 5.72 Å². The van der Waals surface area contributed by atoms with Crippen molar-refractivity contribution in [3.05, 3.63) is 77.4 Å². The number of hydrogen-bond donors (Lipinski definition) is 1. The van der Waals surface area contributed by atoms with Crippen molar-refractivity contribution in [2.75, 3.05) is 43.6 Å². The van der Waals surface area contributed by atoms with E-state index in [4.69, 9.17) is 4.74 Å². The molecule has 1 atom stereocenters. The van der Waals surface area contributed by atoms with Crippen LogP contribution in [0, 0.1) is 0 Å². The molecule has 2 heterocycles. The summed E-state index contributed by atoms with van der Waals surface area (Å²) in [7, 11) is 7.54. The van der Waals surface area contributed by atoms with Gasteiger partial charge in [0.05, 0.1) is 13.0 Å². The second kappa shape index (κ2) is 10.4. The summed E-state index contributed by atoms with van der Waals surface area (Å²) in [4.78, 5) is 16.8. The van der Waals surface area contributed by atoms with Crippen LogP contribution in [0.4, 0.5) is 11.4 Å². The van der Waals surface area contributed by atoms with E-state index in [1.54, 1.807) is 0 Å². The predicted octanol–water partition coefficient (Wildman–Crippen LogP) is 4.48. The number of amides is 1. The number of nitrogens with zero attached hydrogens (tertiary/aromatic N) is 2. The molecule has 0 aliphatic carbocycles. The number of carbonyl (C=O) groups is 1. The number of ether oxygens (including phenoxy) is 1. The van der Waals surface area contributed by atoms with Gasteiger partial charge in [0, 0.05) is 54.2 Å². The number of anilines is 2. The first-order valence-corrected chi connectivity index (χ1v) is 13.1. The topological polar surface area (TPSA) is 44.8 Å². The highest BCUT2D eigenvalue weighted by molar-refractivity contribution is 6.08. The van der Waals surface area contributed by atoms with Crippen LogP contribution in [-0.4, -0.2) is 55.7 Å². The lowest BCUT2D eigenvalue weighted by Gasteiger charge is -2.39. The van der Waals surface area contributed by atoms with E-state index in [9.17, 15) is 4.79 Å². The van der Waals surface area contributed by atoms with Gasteiger partial charge >= 0.3 is 0 Å². The van der Waals surface area contributed by atoms with Crippen molar-refractivity contribution in [3.63, 3.8) is 0 Å². The molecule has 35 heavy (non-hydrogen) atoms. The van der Waals surface area contributed by atoms with Gasteiger partial charge in [-0.05, 0) is 47.4 Å². The Morgan fingerprint density at radius 1 is 1.17 bits per heavy atom. The highest BCUT2D eigenvalue weighted by Gasteiger charge is 2.59. The van der Waals surface area contributed by atoms with E-state index in [1.165, 1.54) is 16.9 Å². The number of allylic oxidation sites excluding steroid dienone is 2. The second-order valence-electron chi connectivity index (χ2n) is 10.0. The van der Waals surface area contributed by atoms with Gasteiger partial charge in [-0.1, -0.05) is 62.4 Å². The van der Waals surface area contributed by atoms with Gasteiger partial charge in [-0.2, -0.15) is 0 Å². The van der Waals surface area contributed by atoms with Crippen LogP contribution in [0.15, 0.2) is 60.7 Å². The summed E-state index contributed by atoms with van der Waals surface area (Å²) in [5.41, 5.74) is 5.04. The summed E-state index contributed by atoms with van der Waals surface area (Å²) in [6.45, 7) is 6.70. The molecule has 2 aromatic carbocycles. The number of hydrogen-bond acceptors (Lipinski definition) is 4. The Kier molecular flexibility index (Phi) is 7.52. The molecular formula is C29H36N3O2Si. The van der Waals surface area contributed by atoms with Gasteiger partial charge in [0.1, 0.15) is 0 Å². The molecule has 0 aromatic heterocycles. The van der Waals surface area contributed by atoms with Crippen LogP contribution in [-0.2, 0) is 21.4 Å². The molecular weight excluding hydrogens is 450 g/mol. The molecule has 0 saturated carbocycles. The van der Waals surface area contributed by atoms with Crippen molar-refractivity contribution in [2.45, 2.75) is 43.9 Å². The SMILES string of the molecule is CN(C)c1ccc(/C=C/C=C/C23OCCN2c2cc(CC(=O)NCCC[Si])ccc2C3(C)C)cc1. The lowest BCUT2D eigenvalue weighted by atomic mass is 9.77. The minimum Gasteiger partial charge on any atom is -0.378 e. The zero-order valence-electron chi connectivity index (χ0n) is 21.3. The van der Waals surface area contributed by atoms with E-state index in [1.807, 2.05) is 14.1 Å². The highest BCUT2D eigenvalue weighted by Crippen LogP contribution is 2.55. The standard InChI is InChI=1S/C29H36N3O2Si/c1-28(2)25-14-11-23(21-27(33)30-16-7-19-35)20-26(25)32-17-18-34-29(28,32)15-6-5-8-22-9-12-24(13-10-22)31(3)4/h5-6,8-15,20H,7,16-19,21H2,1-4H3,(H,30,33)/b8-5+,15-6+. The zero-order valence-corrected chi connectivity index (χ0v) is 22.3. The minimum absolute atomic E-state index is 0.0647. The van der Waals surface area contributed by atoms with Crippen molar-refractivity contribution >= 4 is 33.6 Å². The summed E-state index contributed by atoms with van der Waals surface area (Å²) in [5.74, 6) is 0.0647. The second-order valence-corrected chi connectivity index (χ2v) is 10.5. The summed E-state index contributed by atoms with van der Waals surface area (Å²) in [5, 5.41) is 3.00. The van der Waals surface area contributed by atoms with Crippen molar-refractivity contribution in [3.8, 4) is 0 Å². The smallest absolute Gasteiger partial charge is 0.224 e.